The van der Waals surface area contributed by atoms with E-state index in [0.29, 0.717) is 19.6 Å². The van der Waals surface area contributed by atoms with Gasteiger partial charge in [0.15, 0.2) is 0 Å². The molecule has 0 aromatic carbocycles. The van der Waals surface area contributed by atoms with E-state index in [1.54, 1.807) is 33.4 Å². The van der Waals surface area contributed by atoms with Crippen molar-refractivity contribution in [3.8, 4) is 0 Å². The van der Waals surface area contributed by atoms with Crippen molar-refractivity contribution in [3.63, 3.8) is 0 Å². The molecule has 0 fully saturated rings. The molecule has 3 aromatic heterocycles. The number of aliphatic hydroxyl groups is 1. The first-order chi connectivity index (χ1) is 10.9. The van der Waals surface area contributed by atoms with E-state index < -0.39 is 5.60 Å². The second kappa shape index (κ2) is 6.14. The Bertz CT molecular complexity index is 855. The van der Waals surface area contributed by atoms with E-state index in [1.165, 1.54) is 0 Å². The van der Waals surface area contributed by atoms with Gasteiger partial charge in [-0.05, 0) is 35.8 Å². The van der Waals surface area contributed by atoms with E-state index in [1.807, 2.05) is 10.6 Å². The fraction of sp³-hybridized carbons (Fsp3) is 0.438. The van der Waals surface area contributed by atoms with Crippen molar-refractivity contribution in [3.05, 3.63) is 28.8 Å². The molecule has 0 spiro atoms. The van der Waals surface area contributed by atoms with Gasteiger partial charge in [0.05, 0.1) is 36.0 Å². The topological polar surface area (TPSA) is 73.1 Å². The number of rotatable bonds is 5. The van der Waals surface area contributed by atoms with Crippen molar-refractivity contribution in [2.75, 3.05) is 13.7 Å². The Kier molecular flexibility index (Phi) is 4.35. The van der Waals surface area contributed by atoms with Gasteiger partial charge in [-0.15, -0.1) is 0 Å². The van der Waals surface area contributed by atoms with Crippen molar-refractivity contribution in [2.45, 2.75) is 32.4 Å². The van der Waals surface area contributed by atoms with Gasteiger partial charge in [0.1, 0.15) is 16.9 Å². The summed E-state index contributed by atoms with van der Waals surface area (Å²) in [7, 11) is 1.67. The van der Waals surface area contributed by atoms with Gasteiger partial charge in [0, 0.05) is 24.2 Å². The normalized spacial score (nSPS) is 12.4. The zero-order valence-corrected chi connectivity index (χ0v) is 15.0. The zero-order valence-electron chi connectivity index (χ0n) is 13.4. The molecule has 0 aliphatic heterocycles. The van der Waals surface area contributed by atoms with Gasteiger partial charge in [-0.2, -0.15) is 0 Å². The quantitative estimate of drug-likeness (QED) is 0.738. The third-order valence-corrected chi connectivity index (χ3v) is 3.97. The summed E-state index contributed by atoms with van der Waals surface area (Å²) in [6, 6.07) is 1.93. The first-order valence-electron chi connectivity index (χ1n) is 7.40. The Labute approximate surface area is 142 Å². The largest absolute Gasteiger partial charge is 0.389 e. The SMILES string of the molecule is COCCc1nc2cnc3cc(Br)cnc3c2n1CC(C)(C)O. The Morgan fingerprint density at radius 2 is 2.04 bits per heavy atom. The number of fused-ring (bicyclic) bond motifs is 3. The maximum absolute atomic E-state index is 10.3. The van der Waals surface area contributed by atoms with Gasteiger partial charge in [0.2, 0.25) is 0 Å². The van der Waals surface area contributed by atoms with Crippen LogP contribution in [0.1, 0.15) is 19.7 Å². The fourth-order valence-electron chi connectivity index (χ4n) is 2.64. The van der Waals surface area contributed by atoms with Crippen molar-refractivity contribution >= 4 is 38.0 Å². The average Bonchev–Trinajstić information content (AvgIpc) is 2.81. The maximum atomic E-state index is 10.3. The summed E-state index contributed by atoms with van der Waals surface area (Å²) in [6.45, 7) is 4.57. The molecule has 0 aliphatic rings. The second-order valence-electron chi connectivity index (χ2n) is 6.18. The van der Waals surface area contributed by atoms with Gasteiger partial charge in [-0.1, -0.05) is 0 Å². The number of imidazole rings is 1. The molecule has 3 heterocycles. The Hall–Kier alpha value is -1.57. The zero-order chi connectivity index (χ0) is 16.6. The van der Waals surface area contributed by atoms with Gasteiger partial charge >= 0.3 is 0 Å². The molecular formula is C16H19BrN4O2. The lowest BCUT2D eigenvalue weighted by Crippen LogP contribution is -2.27. The predicted octanol–water partition coefficient (Wildman–Crippen LogP) is 2.70. The summed E-state index contributed by atoms with van der Waals surface area (Å²) >= 11 is 3.42. The van der Waals surface area contributed by atoms with Crippen LogP contribution in [-0.4, -0.2) is 43.9 Å². The molecule has 0 unspecified atom stereocenters. The molecule has 7 heteroatoms. The smallest absolute Gasteiger partial charge is 0.115 e. The standard InChI is InChI=1S/C16H19BrN4O2/c1-16(2,22)9-21-13(4-5-23-3)20-12-8-18-11-6-10(17)7-19-14(11)15(12)21/h6-8,22H,4-5,9H2,1-3H3. The molecule has 0 atom stereocenters. The number of pyridine rings is 2. The van der Waals surface area contributed by atoms with Crippen molar-refractivity contribution < 1.29 is 9.84 Å². The minimum absolute atomic E-state index is 0.430. The van der Waals surface area contributed by atoms with Crippen LogP contribution in [0.3, 0.4) is 0 Å². The van der Waals surface area contributed by atoms with Gasteiger partial charge in [0.25, 0.3) is 0 Å². The van der Waals surface area contributed by atoms with Crippen LogP contribution in [0.4, 0.5) is 0 Å². The van der Waals surface area contributed by atoms with Crippen molar-refractivity contribution in [2.24, 2.45) is 0 Å². The summed E-state index contributed by atoms with van der Waals surface area (Å²) in [4.78, 5) is 13.6. The molecule has 6 nitrogen and oxygen atoms in total. The highest BCUT2D eigenvalue weighted by Crippen LogP contribution is 2.26. The molecule has 122 valence electrons. The van der Waals surface area contributed by atoms with Crippen LogP contribution in [0.5, 0.6) is 0 Å². The number of hydrogen-bond acceptors (Lipinski definition) is 5. The third kappa shape index (κ3) is 3.36. The number of methoxy groups -OCH3 is 1. The molecule has 3 aromatic rings. The summed E-state index contributed by atoms with van der Waals surface area (Å²) in [6.07, 6.45) is 4.17. The van der Waals surface area contributed by atoms with Gasteiger partial charge in [-0.25, -0.2) is 4.98 Å². The molecule has 0 radical (unpaired) electrons. The number of nitrogens with zero attached hydrogens (tertiary/aromatic N) is 4. The van der Waals surface area contributed by atoms with Crippen LogP contribution >= 0.6 is 15.9 Å². The molecule has 0 aliphatic carbocycles. The Balaban J connectivity index is 2.27. The van der Waals surface area contributed by atoms with E-state index in [9.17, 15) is 5.11 Å². The minimum Gasteiger partial charge on any atom is -0.389 e. The van der Waals surface area contributed by atoms with E-state index >= 15 is 0 Å². The van der Waals surface area contributed by atoms with E-state index in [0.717, 1.165) is 32.4 Å². The summed E-state index contributed by atoms with van der Waals surface area (Å²) in [5.41, 5.74) is 2.40. The number of aromatic nitrogens is 4. The van der Waals surface area contributed by atoms with Crippen LogP contribution in [0.2, 0.25) is 0 Å². The second-order valence-corrected chi connectivity index (χ2v) is 7.10. The van der Waals surface area contributed by atoms with Crippen LogP contribution in [-0.2, 0) is 17.7 Å². The highest BCUT2D eigenvalue weighted by molar-refractivity contribution is 9.10. The molecule has 0 amide bonds. The molecule has 1 N–H and O–H groups in total. The lowest BCUT2D eigenvalue weighted by Gasteiger charge is -2.20. The van der Waals surface area contributed by atoms with Gasteiger partial charge < -0.3 is 14.4 Å². The number of halogens is 1. The lowest BCUT2D eigenvalue weighted by molar-refractivity contribution is 0.0615. The third-order valence-electron chi connectivity index (χ3n) is 3.53. The van der Waals surface area contributed by atoms with Gasteiger partial charge in [-0.3, -0.25) is 9.97 Å². The summed E-state index contributed by atoms with van der Waals surface area (Å²) < 4.78 is 8.08. The first-order valence-corrected chi connectivity index (χ1v) is 8.19. The molecular weight excluding hydrogens is 360 g/mol. The number of hydrogen-bond donors (Lipinski definition) is 1. The lowest BCUT2D eigenvalue weighted by atomic mass is 10.1. The van der Waals surface area contributed by atoms with Crippen LogP contribution in [0.25, 0.3) is 22.1 Å². The molecule has 0 saturated carbocycles. The predicted molar refractivity (Wildman–Crippen MR) is 92.4 cm³/mol. The molecule has 0 bridgehead atoms. The summed E-state index contributed by atoms with van der Waals surface area (Å²) in [5.74, 6) is 0.864. The van der Waals surface area contributed by atoms with E-state index in [4.69, 9.17) is 4.74 Å². The van der Waals surface area contributed by atoms with Crippen LogP contribution < -0.4 is 0 Å². The van der Waals surface area contributed by atoms with E-state index in [-0.39, 0.29) is 0 Å². The fourth-order valence-corrected chi connectivity index (χ4v) is 2.96. The Morgan fingerprint density at radius 1 is 1.26 bits per heavy atom. The molecule has 3 rings (SSSR count). The highest BCUT2D eigenvalue weighted by atomic mass is 79.9. The summed E-state index contributed by atoms with van der Waals surface area (Å²) in [5, 5.41) is 10.3. The average molecular weight is 379 g/mol. The highest BCUT2D eigenvalue weighted by Gasteiger charge is 2.21. The molecule has 0 saturated heterocycles. The van der Waals surface area contributed by atoms with Crippen molar-refractivity contribution in [1.82, 2.24) is 19.5 Å². The molecule has 23 heavy (non-hydrogen) atoms. The van der Waals surface area contributed by atoms with E-state index in [2.05, 4.69) is 30.9 Å². The van der Waals surface area contributed by atoms with Crippen LogP contribution in [0, 0.1) is 0 Å². The van der Waals surface area contributed by atoms with Crippen LogP contribution in [0.15, 0.2) is 22.9 Å². The monoisotopic (exact) mass is 378 g/mol. The minimum atomic E-state index is -0.861. The maximum Gasteiger partial charge on any atom is 0.115 e. The first kappa shape index (κ1) is 16.3. The number of ether oxygens (including phenoxy) is 1. The van der Waals surface area contributed by atoms with Crippen molar-refractivity contribution in [1.29, 1.82) is 0 Å². The Morgan fingerprint density at radius 3 is 2.74 bits per heavy atom.